The molecule has 0 aliphatic rings. The topological polar surface area (TPSA) is 55.4 Å². The number of hydrogen-bond donors (Lipinski definition) is 1. The Hall–Kier alpha value is -2.69. The van der Waals surface area contributed by atoms with Gasteiger partial charge in [0.15, 0.2) is 18.2 Å². The lowest BCUT2D eigenvalue weighted by molar-refractivity contribution is -0.118. The SMILES string of the molecule is Cc1cccc(NC(=O)COc2ccc(C=O)cc2F)c1. The van der Waals surface area contributed by atoms with Crippen LogP contribution in [0.1, 0.15) is 15.9 Å². The summed E-state index contributed by atoms with van der Waals surface area (Å²) in [5, 5.41) is 2.65. The monoisotopic (exact) mass is 287 g/mol. The van der Waals surface area contributed by atoms with Crippen molar-refractivity contribution >= 4 is 17.9 Å². The molecule has 0 saturated carbocycles. The lowest BCUT2D eigenvalue weighted by atomic mass is 10.2. The second kappa shape index (κ2) is 6.65. The van der Waals surface area contributed by atoms with Crippen LogP contribution in [0, 0.1) is 12.7 Å². The molecule has 2 aromatic rings. The summed E-state index contributed by atoms with van der Waals surface area (Å²) >= 11 is 0. The van der Waals surface area contributed by atoms with Crippen molar-refractivity contribution in [2.75, 3.05) is 11.9 Å². The van der Waals surface area contributed by atoms with Gasteiger partial charge in [0, 0.05) is 11.3 Å². The highest BCUT2D eigenvalue weighted by Crippen LogP contribution is 2.17. The van der Waals surface area contributed by atoms with Crippen molar-refractivity contribution in [1.82, 2.24) is 0 Å². The molecule has 0 saturated heterocycles. The van der Waals surface area contributed by atoms with Gasteiger partial charge < -0.3 is 10.1 Å². The van der Waals surface area contributed by atoms with Crippen molar-refractivity contribution in [3.8, 4) is 5.75 Å². The molecule has 0 aliphatic carbocycles. The maximum atomic E-state index is 13.6. The average Bonchev–Trinajstić information content (AvgIpc) is 2.46. The minimum Gasteiger partial charge on any atom is -0.481 e. The van der Waals surface area contributed by atoms with Gasteiger partial charge >= 0.3 is 0 Å². The van der Waals surface area contributed by atoms with Gasteiger partial charge in [-0.05, 0) is 42.8 Å². The van der Waals surface area contributed by atoms with Crippen LogP contribution in [-0.4, -0.2) is 18.8 Å². The summed E-state index contributed by atoms with van der Waals surface area (Å²) in [6.45, 7) is 1.60. The van der Waals surface area contributed by atoms with Gasteiger partial charge in [-0.15, -0.1) is 0 Å². The Balaban J connectivity index is 1.93. The molecule has 0 heterocycles. The van der Waals surface area contributed by atoms with Crippen LogP contribution in [0.2, 0.25) is 0 Å². The number of amides is 1. The molecule has 0 radical (unpaired) electrons. The Morgan fingerprint density at radius 2 is 2.10 bits per heavy atom. The zero-order valence-electron chi connectivity index (χ0n) is 11.4. The molecule has 5 heteroatoms. The Morgan fingerprint density at radius 1 is 1.29 bits per heavy atom. The van der Waals surface area contributed by atoms with Gasteiger partial charge in [0.2, 0.25) is 0 Å². The van der Waals surface area contributed by atoms with Gasteiger partial charge in [-0.25, -0.2) is 4.39 Å². The molecule has 1 amide bonds. The first kappa shape index (κ1) is 14.7. The highest BCUT2D eigenvalue weighted by molar-refractivity contribution is 5.91. The second-order valence-electron chi connectivity index (χ2n) is 4.51. The van der Waals surface area contributed by atoms with Gasteiger partial charge in [0.05, 0.1) is 0 Å². The summed E-state index contributed by atoms with van der Waals surface area (Å²) in [4.78, 5) is 22.2. The summed E-state index contributed by atoms with van der Waals surface area (Å²) < 4.78 is 18.6. The zero-order valence-corrected chi connectivity index (χ0v) is 11.4. The molecule has 0 spiro atoms. The molecule has 0 aliphatic heterocycles. The fraction of sp³-hybridized carbons (Fsp3) is 0.125. The number of nitrogens with one attached hydrogen (secondary N) is 1. The fourth-order valence-corrected chi connectivity index (χ4v) is 1.77. The molecule has 0 aromatic heterocycles. The summed E-state index contributed by atoms with van der Waals surface area (Å²) in [6.07, 6.45) is 0.539. The summed E-state index contributed by atoms with van der Waals surface area (Å²) in [5.74, 6) is -1.14. The first-order valence-corrected chi connectivity index (χ1v) is 6.32. The third-order valence-electron chi connectivity index (χ3n) is 2.75. The first-order valence-electron chi connectivity index (χ1n) is 6.32. The molecule has 2 aromatic carbocycles. The van der Waals surface area contributed by atoms with Crippen LogP contribution < -0.4 is 10.1 Å². The molecule has 0 fully saturated rings. The van der Waals surface area contributed by atoms with E-state index in [-0.39, 0.29) is 23.8 Å². The Bertz CT molecular complexity index is 670. The minimum absolute atomic E-state index is 0.0695. The third-order valence-corrected chi connectivity index (χ3v) is 2.75. The highest BCUT2D eigenvalue weighted by atomic mass is 19.1. The predicted molar refractivity (Wildman–Crippen MR) is 77.1 cm³/mol. The number of anilines is 1. The van der Waals surface area contributed by atoms with E-state index in [4.69, 9.17) is 4.74 Å². The van der Waals surface area contributed by atoms with E-state index in [9.17, 15) is 14.0 Å². The lowest BCUT2D eigenvalue weighted by Crippen LogP contribution is -2.20. The van der Waals surface area contributed by atoms with Crippen molar-refractivity contribution in [3.05, 3.63) is 59.4 Å². The van der Waals surface area contributed by atoms with E-state index in [1.54, 1.807) is 6.07 Å². The zero-order chi connectivity index (χ0) is 15.2. The highest BCUT2D eigenvalue weighted by Gasteiger charge is 2.08. The molecular formula is C16H14FNO3. The van der Waals surface area contributed by atoms with Crippen LogP contribution in [0.25, 0.3) is 0 Å². The van der Waals surface area contributed by atoms with E-state index in [0.717, 1.165) is 11.6 Å². The number of rotatable bonds is 5. The number of carbonyl (C=O) groups excluding carboxylic acids is 2. The van der Waals surface area contributed by atoms with Crippen molar-refractivity contribution in [2.24, 2.45) is 0 Å². The van der Waals surface area contributed by atoms with Gasteiger partial charge in [-0.2, -0.15) is 0 Å². The largest absolute Gasteiger partial charge is 0.481 e. The van der Waals surface area contributed by atoms with Gasteiger partial charge in [0.1, 0.15) is 6.29 Å². The number of carbonyl (C=O) groups is 2. The number of aldehydes is 1. The van der Waals surface area contributed by atoms with Crippen molar-refractivity contribution < 1.29 is 18.7 Å². The van der Waals surface area contributed by atoms with Gasteiger partial charge in [-0.3, -0.25) is 9.59 Å². The van der Waals surface area contributed by atoms with Crippen LogP contribution in [0.5, 0.6) is 5.75 Å². The van der Waals surface area contributed by atoms with Crippen LogP contribution in [0.3, 0.4) is 0 Å². The van der Waals surface area contributed by atoms with Crippen molar-refractivity contribution in [1.29, 1.82) is 0 Å². The smallest absolute Gasteiger partial charge is 0.262 e. The maximum Gasteiger partial charge on any atom is 0.262 e. The van der Waals surface area contributed by atoms with Crippen LogP contribution in [0.15, 0.2) is 42.5 Å². The van der Waals surface area contributed by atoms with E-state index in [1.165, 1.54) is 12.1 Å². The minimum atomic E-state index is -0.678. The Labute approximate surface area is 121 Å². The summed E-state index contributed by atoms with van der Waals surface area (Å²) in [6, 6.07) is 11.1. The van der Waals surface area contributed by atoms with E-state index >= 15 is 0 Å². The molecule has 1 N–H and O–H groups in total. The normalized spacial score (nSPS) is 10.0. The molecule has 0 unspecified atom stereocenters. The number of benzene rings is 2. The quantitative estimate of drug-likeness (QED) is 0.860. The molecule has 4 nitrogen and oxygen atoms in total. The van der Waals surface area contributed by atoms with E-state index in [0.29, 0.717) is 12.0 Å². The Morgan fingerprint density at radius 3 is 2.76 bits per heavy atom. The fourth-order valence-electron chi connectivity index (χ4n) is 1.77. The van der Waals surface area contributed by atoms with E-state index in [1.807, 2.05) is 25.1 Å². The number of ether oxygens (including phenoxy) is 1. The first-order chi connectivity index (χ1) is 10.1. The maximum absolute atomic E-state index is 13.6. The average molecular weight is 287 g/mol. The molecule has 0 atom stereocenters. The van der Waals surface area contributed by atoms with Crippen LogP contribution >= 0.6 is 0 Å². The van der Waals surface area contributed by atoms with Crippen molar-refractivity contribution in [2.45, 2.75) is 6.92 Å². The number of aryl methyl sites for hydroxylation is 1. The summed E-state index contributed by atoms with van der Waals surface area (Å²) in [7, 11) is 0. The van der Waals surface area contributed by atoms with Crippen LogP contribution in [0.4, 0.5) is 10.1 Å². The molecule has 108 valence electrons. The summed E-state index contributed by atoms with van der Waals surface area (Å²) in [5.41, 5.74) is 1.88. The van der Waals surface area contributed by atoms with E-state index < -0.39 is 5.82 Å². The molecular weight excluding hydrogens is 273 g/mol. The van der Waals surface area contributed by atoms with E-state index in [2.05, 4.69) is 5.32 Å². The standard InChI is InChI=1S/C16H14FNO3/c1-11-3-2-4-13(7-11)18-16(20)10-21-15-6-5-12(9-19)8-14(15)17/h2-9H,10H2,1H3,(H,18,20). The third kappa shape index (κ3) is 4.14. The molecule has 2 rings (SSSR count). The number of hydrogen-bond acceptors (Lipinski definition) is 3. The van der Waals surface area contributed by atoms with Gasteiger partial charge in [0.25, 0.3) is 5.91 Å². The van der Waals surface area contributed by atoms with Gasteiger partial charge in [-0.1, -0.05) is 12.1 Å². The molecule has 21 heavy (non-hydrogen) atoms. The van der Waals surface area contributed by atoms with Crippen LogP contribution in [-0.2, 0) is 4.79 Å². The second-order valence-corrected chi connectivity index (χ2v) is 4.51. The Kier molecular flexibility index (Phi) is 4.66. The number of halogens is 1. The molecule has 0 bridgehead atoms. The predicted octanol–water partition coefficient (Wildman–Crippen LogP) is 2.96. The lowest BCUT2D eigenvalue weighted by Gasteiger charge is -2.09. The van der Waals surface area contributed by atoms with Crippen molar-refractivity contribution in [3.63, 3.8) is 0 Å².